The first-order valence-corrected chi connectivity index (χ1v) is 6.61. The zero-order chi connectivity index (χ0) is 14.5. The van der Waals surface area contributed by atoms with Crippen LogP contribution in [0.25, 0.3) is 0 Å². The third-order valence-corrected chi connectivity index (χ3v) is 3.33. The average molecular weight is 279 g/mol. The number of benzene rings is 1. The molecule has 0 heterocycles. The van der Waals surface area contributed by atoms with E-state index >= 15 is 0 Å². The van der Waals surface area contributed by atoms with E-state index in [4.69, 9.17) is 9.84 Å². The Hall–Kier alpha value is -2.24. The van der Waals surface area contributed by atoms with Gasteiger partial charge < -0.3 is 14.9 Å². The number of carboxylic acid groups (broad SMARTS) is 1. The van der Waals surface area contributed by atoms with Crippen LogP contribution >= 0.6 is 0 Å². The molecule has 2 rings (SSSR count). The first-order valence-electron chi connectivity index (χ1n) is 6.61. The van der Waals surface area contributed by atoms with Gasteiger partial charge in [0.15, 0.2) is 5.75 Å². The van der Waals surface area contributed by atoms with E-state index in [2.05, 4.69) is 5.32 Å². The molecule has 0 spiro atoms. The van der Waals surface area contributed by atoms with Gasteiger partial charge in [0.2, 0.25) is 0 Å². The highest BCUT2D eigenvalue weighted by Crippen LogP contribution is 2.28. The van der Waals surface area contributed by atoms with Crippen molar-refractivity contribution in [2.24, 2.45) is 0 Å². The second-order valence-corrected chi connectivity index (χ2v) is 4.80. The van der Waals surface area contributed by atoms with E-state index < -0.39 is 17.8 Å². The van der Waals surface area contributed by atoms with Crippen LogP contribution in [0.5, 0.6) is 5.75 Å². The van der Waals surface area contributed by atoms with Crippen molar-refractivity contribution in [2.45, 2.75) is 38.2 Å². The summed E-state index contributed by atoms with van der Waals surface area (Å²) in [6.45, 7) is 0. The lowest BCUT2D eigenvalue weighted by Crippen LogP contribution is -2.24. The summed E-state index contributed by atoms with van der Waals surface area (Å²) in [5.74, 6) is -1.73. The Morgan fingerprint density at radius 2 is 1.90 bits per heavy atom. The molecule has 1 fully saturated rings. The van der Waals surface area contributed by atoms with E-state index in [0.717, 1.165) is 32.1 Å². The molecule has 20 heavy (non-hydrogen) atoms. The van der Waals surface area contributed by atoms with E-state index in [1.165, 1.54) is 18.2 Å². The molecule has 1 aliphatic rings. The molecule has 108 valence electrons. The summed E-state index contributed by atoms with van der Waals surface area (Å²) >= 11 is 0. The highest BCUT2D eigenvalue weighted by molar-refractivity contribution is 5.96. The number of carbonyl (C=O) groups is 2. The molecular formula is C14H17NO5. The first-order chi connectivity index (χ1) is 9.58. The number of hydrogen-bond acceptors (Lipinski definition) is 4. The van der Waals surface area contributed by atoms with Crippen molar-refractivity contribution in [1.29, 1.82) is 0 Å². The number of aromatic carboxylic acids is 1. The molecule has 0 radical (unpaired) electrons. The van der Waals surface area contributed by atoms with Crippen LogP contribution in [0.4, 0.5) is 10.5 Å². The number of nitrogens with one attached hydrogen (secondary N) is 1. The van der Waals surface area contributed by atoms with E-state index in [0.29, 0.717) is 0 Å². The van der Waals surface area contributed by atoms with Gasteiger partial charge in [0.25, 0.3) is 0 Å². The molecule has 6 nitrogen and oxygen atoms in total. The Morgan fingerprint density at radius 1 is 1.20 bits per heavy atom. The number of aromatic hydroxyl groups is 1. The Kier molecular flexibility index (Phi) is 4.45. The van der Waals surface area contributed by atoms with Gasteiger partial charge in [-0.2, -0.15) is 0 Å². The predicted molar refractivity (Wildman–Crippen MR) is 72.0 cm³/mol. The summed E-state index contributed by atoms with van der Waals surface area (Å²) in [5, 5.41) is 21.0. The first kappa shape index (κ1) is 14.2. The largest absolute Gasteiger partial charge is 0.505 e. The minimum absolute atomic E-state index is 0.0331. The van der Waals surface area contributed by atoms with Crippen LogP contribution in [0, 0.1) is 0 Å². The van der Waals surface area contributed by atoms with Crippen molar-refractivity contribution in [2.75, 3.05) is 5.32 Å². The molecule has 6 heteroatoms. The lowest BCUT2D eigenvalue weighted by atomic mass is 9.98. The maximum atomic E-state index is 11.7. The highest BCUT2D eigenvalue weighted by atomic mass is 16.6. The molecule has 0 unspecified atom stereocenters. The number of hydrogen-bond donors (Lipinski definition) is 3. The number of para-hydroxylation sites is 1. The van der Waals surface area contributed by atoms with E-state index in [9.17, 15) is 14.7 Å². The molecule has 1 aliphatic carbocycles. The fourth-order valence-corrected chi connectivity index (χ4v) is 2.29. The summed E-state index contributed by atoms with van der Waals surface area (Å²) in [6, 6.07) is 4.12. The van der Waals surface area contributed by atoms with Crippen LogP contribution in [0.15, 0.2) is 18.2 Å². The summed E-state index contributed by atoms with van der Waals surface area (Å²) in [7, 11) is 0. The number of carbonyl (C=O) groups excluding carboxylic acids is 1. The zero-order valence-electron chi connectivity index (χ0n) is 11.0. The van der Waals surface area contributed by atoms with Gasteiger partial charge in [0.05, 0.1) is 5.69 Å². The summed E-state index contributed by atoms with van der Waals surface area (Å²) in [4.78, 5) is 22.6. The smallest absolute Gasteiger partial charge is 0.412 e. The normalized spacial score (nSPS) is 15.6. The molecule has 1 amide bonds. The molecule has 0 saturated heterocycles. The van der Waals surface area contributed by atoms with Crippen LogP contribution in [-0.4, -0.2) is 28.4 Å². The molecule has 1 aromatic carbocycles. The van der Waals surface area contributed by atoms with Gasteiger partial charge in [-0.05, 0) is 37.8 Å². The van der Waals surface area contributed by atoms with Crippen LogP contribution in [0.3, 0.4) is 0 Å². The molecule has 1 aromatic rings. The quantitative estimate of drug-likeness (QED) is 0.739. The van der Waals surface area contributed by atoms with Crippen molar-refractivity contribution < 1.29 is 24.5 Å². The van der Waals surface area contributed by atoms with Gasteiger partial charge in [-0.3, -0.25) is 5.32 Å². The highest BCUT2D eigenvalue weighted by Gasteiger charge is 2.19. The van der Waals surface area contributed by atoms with Crippen molar-refractivity contribution >= 4 is 17.7 Å². The SMILES string of the molecule is O=C(Nc1cccc(C(=O)O)c1O)OC1CCCCC1. The standard InChI is InChI=1S/C14H17NO5/c16-12-10(13(17)18)7-4-8-11(12)15-14(19)20-9-5-2-1-3-6-9/h4,7-9,16H,1-3,5-6H2,(H,15,19)(H,17,18). The molecule has 0 atom stereocenters. The van der Waals surface area contributed by atoms with Gasteiger partial charge in [-0.1, -0.05) is 12.5 Å². The minimum Gasteiger partial charge on any atom is -0.505 e. The van der Waals surface area contributed by atoms with Crippen LogP contribution in [0.2, 0.25) is 0 Å². The van der Waals surface area contributed by atoms with Gasteiger partial charge >= 0.3 is 12.1 Å². The van der Waals surface area contributed by atoms with Crippen LogP contribution in [0.1, 0.15) is 42.5 Å². The van der Waals surface area contributed by atoms with Gasteiger partial charge in [0.1, 0.15) is 11.7 Å². The summed E-state index contributed by atoms with van der Waals surface area (Å²) < 4.78 is 5.24. The number of carboxylic acids is 1. The number of rotatable bonds is 3. The topological polar surface area (TPSA) is 95.9 Å². The third kappa shape index (κ3) is 3.40. The van der Waals surface area contributed by atoms with E-state index in [-0.39, 0.29) is 17.4 Å². The fourth-order valence-electron chi connectivity index (χ4n) is 2.29. The number of amides is 1. The number of anilines is 1. The third-order valence-electron chi connectivity index (χ3n) is 3.33. The molecule has 0 aliphatic heterocycles. The molecule has 1 saturated carbocycles. The zero-order valence-corrected chi connectivity index (χ0v) is 11.0. The second-order valence-electron chi connectivity index (χ2n) is 4.80. The summed E-state index contributed by atoms with van der Waals surface area (Å²) in [5.41, 5.74) is -0.230. The Morgan fingerprint density at radius 3 is 2.55 bits per heavy atom. The maximum absolute atomic E-state index is 11.7. The average Bonchev–Trinajstić information content (AvgIpc) is 2.42. The van der Waals surface area contributed by atoms with Crippen molar-refractivity contribution in [3.05, 3.63) is 23.8 Å². The van der Waals surface area contributed by atoms with Crippen molar-refractivity contribution in [3.8, 4) is 5.75 Å². The maximum Gasteiger partial charge on any atom is 0.412 e. The van der Waals surface area contributed by atoms with Gasteiger partial charge in [-0.15, -0.1) is 0 Å². The lowest BCUT2D eigenvalue weighted by Gasteiger charge is -2.22. The van der Waals surface area contributed by atoms with Gasteiger partial charge in [-0.25, -0.2) is 9.59 Å². The second kappa shape index (κ2) is 6.27. The Labute approximate surface area is 116 Å². The fraction of sp³-hybridized carbons (Fsp3) is 0.429. The van der Waals surface area contributed by atoms with Crippen LogP contribution in [-0.2, 0) is 4.74 Å². The van der Waals surface area contributed by atoms with Gasteiger partial charge in [0, 0.05) is 0 Å². The number of ether oxygens (including phenoxy) is 1. The molecule has 0 aromatic heterocycles. The number of phenols is 1. The monoisotopic (exact) mass is 279 g/mol. The predicted octanol–water partition coefficient (Wildman–Crippen LogP) is 2.97. The Bertz CT molecular complexity index is 508. The molecule has 0 bridgehead atoms. The molecule has 3 N–H and O–H groups in total. The van der Waals surface area contributed by atoms with Crippen LogP contribution < -0.4 is 5.32 Å². The van der Waals surface area contributed by atoms with E-state index in [1.54, 1.807) is 0 Å². The molecular weight excluding hydrogens is 262 g/mol. The van der Waals surface area contributed by atoms with Crippen molar-refractivity contribution in [1.82, 2.24) is 0 Å². The van der Waals surface area contributed by atoms with E-state index in [1.807, 2.05) is 0 Å². The van der Waals surface area contributed by atoms with Crippen molar-refractivity contribution in [3.63, 3.8) is 0 Å². The minimum atomic E-state index is -1.26. The Balaban J connectivity index is 2.00. The lowest BCUT2D eigenvalue weighted by molar-refractivity contribution is 0.0693. The summed E-state index contributed by atoms with van der Waals surface area (Å²) in [6.07, 6.45) is 4.14.